The number of para-hydroxylation sites is 2. The highest BCUT2D eigenvalue weighted by atomic mass is 79.9. The second-order valence-corrected chi connectivity index (χ2v) is 4.97. The lowest BCUT2D eigenvalue weighted by Gasteiger charge is -2.11. The first-order valence-corrected chi connectivity index (χ1v) is 7.04. The molecule has 0 aliphatic heterocycles. The number of rotatable bonds is 6. The summed E-state index contributed by atoms with van der Waals surface area (Å²) in [5, 5.41) is 0. The average Bonchev–Trinajstić information content (AvgIpc) is 2.45. The summed E-state index contributed by atoms with van der Waals surface area (Å²) in [4.78, 5) is 4.27. The number of aromatic nitrogens is 1. The molecule has 0 radical (unpaired) electrons. The van der Waals surface area contributed by atoms with Gasteiger partial charge in [-0.15, -0.1) is 0 Å². The van der Waals surface area contributed by atoms with Crippen LogP contribution in [0.15, 0.2) is 47.1 Å². The van der Waals surface area contributed by atoms with Gasteiger partial charge in [0, 0.05) is 10.7 Å². The molecular formula is C15H16BrNO2. The van der Waals surface area contributed by atoms with E-state index in [-0.39, 0.29) is 0 Å². The molecule has 0 saturated heterocycles. The van der Waals surface area contributed by atoms with Crippen molar-refractivity contribution in [3.8, 4) is 11.5 Å². The van der Waals surface area contributed by atoms with Crippen LogP contribution in [0.5, 0.6) is 11.5 Å². The maximum absolute atomic E-state index is 5.76. The van der Waals surface area contributed by atoms with Crippen molar-refractivity contribution in [1.82, 2.24) is 4.98 Å². The standard InChI is InChI=1S/C15H16BrNO2/c1-2-9-18-14-5-3-4-6-15(14)19-11-13-8-7-12(16)10-17-13/h3-8,10H,2,9,11H2,1H3. The molecule has 1 aromatic carbocycles. The predicted molar refractivity (Wildman–Crippen MR) is 78.5 cm³/mol. The third-order valence-corrected chi connectivity index (χ3v) is 2.94. The zero-order chi connectivity index (χ0) is 13.5. The monoisotopic (exact) mass is 321 g/mol. The number of nitrogens with zero attached hydrogens (tertiary/aromatic N) is 1. The number of ether oxygens (including phenoxy) is 2. The van der Waals surface area contributed by atoms with E-state index in [0.717, 1.165) is 28.1 Å². The van der Waals surface area contributed by atoms with E-state index in [0.29, 0.717) is 13.2 Å². The molecule has 0 atom stereocenters. The van der Waals surface area contributed by atoms with Crippen LogP contribution in [-0.4, -0.2) is 11.6 Å². The minimum Gasteiger partial charge on any atom is -0.490 e. The molecule has 2 aromatic rings. The molecule has 0 aliphatic carbocycles. The Morgan fingerprint density at radius 2 is 1.79 bits per heavy atom. The summed E-state index contributed by atoms with van der Waals surface area (Å²) in [7, 11) is 0. The zero-order valence-electron chi connectivity index (χ0n) is 10.8. The number of pyridine rings is 1. The van der Waals surface area contributed by atoms with E-state index < -0.39 is 0 Å². The number of benzene rings is 1. The van der Waals surface area contributed by atoms with Gasteiger partial charge in [0.1, 0.15) is 6.61 Å². The van der Waals surface area contributed by atoms with Gasteiger partial charge in [0.05, 0.1) is 12.3 Å². The largest absolute Gasteiger partial charge is 0.490 e. The molecule has 1 heterocycles. The maximum Gasteiger partial charge on any atom is 0.161 e. The smallest absolute Gasteiger partial charge is 0.161 e. The molecule has 0 saturated carbocycles. The number of halogens is 1. The van der Waals surface area contributed by atoms with Gasteiger partial charge in [0.25, 0.3) is 0 Å². The van der Waals surface area contributed by atoms with Crippen LogP contribution >= 0.6 is 15.9 Å². The van der Waals surface area contributed by atoms with Gasteiger partial charge in [-0.05, 0) is 46.6 Å². The van der Waals surface area contributed by atoms with Gasteiger partial charge < -0.3 is 9.47 Å². The molecule has 0 spiro atoms. The minimum atomic E-state index is 0.430. The van der Waals surface area contributed by atoms with Crippen LogP contribution in [0.3, 0.4) is 0 Å². The number of hydrogen-bond acceptors (Lipinski definition) is 3. The predicted octanol–water partition coefficient (Wildman–Crippen LogP) is 4.21. The molecule has 3 nitrogen and oxygen atoms in total. The maximum atomic E-state index is 5.76. The normalized spacial score (nSPS) is 10.2. The van der Waals surface area contributed by atoms with Crippen LogP contribution in [-0.2, 0) is 6.61 Å². The summed E-state index contributed by atoms with van der Waals surface area (Å²) in [6, 6.07) is 11.6. The molecule has 100 valence electrons. The topological polar surface area (TPSA) is 31.4 Å². The van der Waals surface area contributed by atoms with Gasteiger partial charge in [-0.25, -0.2) is 0 Å². The molecule has 0 unspecified atom stereocenters. The Balaban J connectivity index is 2.00. The zero-order valence-corrected chi connectivity index (χ0v) is 12.4. The molecule has 0 N–H and O–H groups in total. The summed E-state index contributed by atoms with van der Waals surface area (Å²) in [6.07, 6.45) is 2.74. The SMILES string of the molecule is CCCOc1ccccc1OCc1ccc(Br)cn1. The first-order chi connectivity index (χ1) is 9.29. The average molecular weight is 322 g/mol. The Labute approximate surface area is 121 Å². The highest BCUT2D eigenvalue weighted by molar-refractivity contribution is 9.10. The lowest BCUT2D eigenvalue weighted by molar-refractivity contribution is 0.259. The van der Waals surface area contributed by atoms with Crippen molar-refractivity contribution >= 4 is 15.9 Å². The highest BCUT2D eigenvalue weighted by Gasteiger charge is 2.04. The van der Waals surface area contributed by atoms with E-state index >= 15 is 0 Å². The third-order valence-electron chi connectivity index (χ3n) is 2.48. The molecule has 0 fully saturated rings. The van der Waals surface area contributed by atoms with Crippen molar-refractivity contribution in [2.45, 2.75) is 20.0 Å². The van der Waals surface area contributed by atoms with Gasteiger partial charge in [-0.3, -0.25) is 4.98 Å². The van der Waals surface area contributed by atoms with E-state index in [1.165, 1.54) is 0 Å². The van der Waals surface area contributed by atoms with Crippen molar-refractivity contribution in [2.75, 3.05) is 6.61 Å². The summed E-state index contributed by atoms with van der Waals surface area (Å²) >= 11 is 3.36. The summed E-state index contributed by atoms with van der Waals surface area (Å²) in [5.74, 6) is 1.53. The summed E-state index contributed by atoms with van der Waals surface area (Å²) in [5.41, 5.74) is 0.883. The van der Waals surface area contributed by atoms with E-state index in [4.69, 9.17) is 9.47 Å². The molecule has 0 amide bonds. The van der Waals surface area contributed by atoms with Crippen molar-refractivity contribution in [2.24, 2.45) is 0 Å². The fraction of sp³-hybridized carbons (Fsp3) is 0.267. The van der Waals surface area contributed by atoms with E-state index in [2.05, 4.69) is 27.8 Å². The van der Waals surface area contributed by atoms with Crippen LogP contribution in [0.4, 0.5) is 0 Å². The summed E-state index contributed by atoms with van der Waals surface area (Å²) < 4.78 is 12.4. The van der Waals surface area contributed by atoms with Crippen LogP contribution in [0.1, 0.15) is 19.0 Å². The fourth-order valence-electron chi connectivity index (χ4n) is 1.54. The van der Waals surface area contributed by atoms with Crippen LogP contribution in [0.25, 0.3) is 0 Å². The van der Waals surface area contributed by atoms with E-state index in [1.54, 1.807) is 6.20 Å². The first-order valence-electron chi connectivity index (χ1n) is 6.24. The van der Waals surface area contributed by atoms with Gasteiger partial charge in [0.15, 0.2) is 11.5 Å². The lowest BCUT2D eigenvalue weighted by atomic mass is 10.3. The Kier molecular flexibility index (Phi) is 5.21. The minimum absolute atomic E-state index is 0.430. The van der Waals surface area contributed by atoms with Crippen molar-refractivity contribution < 1.29 is 9.47 Å². The van der Waals surface area contributed by atoms with Crippen LogP contribution < -0.4 is 9.47 Å². The quantitative estimate of drug-likeness (QED) is 0.798. The second kappa shape index (κ2) is 7.14. The lowest BCUT2D eigenvalue weighted by Crippen LogP contribution is -2.01. The molecule has 0 bridgehead atoms. The molecule has 19 heavy (non-hydrogen) atoms. The van der Waals surface area contributed by atoms with Gasteiger partial charge in [-0.2, -0.15) is 0 Å². The molecular weight excluding hydrogens is 306 g/mol. The third kappa shape index (κ3) is 4.24. The first kappa shape index (κ1) is 13.9. The van der Waals surface area contributed by atoms with Gasteiger partial charge in [-0.1, -0.05) is 19.1 Å². The van der Waals surface area contributed by atoms with Crippen LogP contribution in [0.2, 0.25) is 0 Å². The van der Waals surface area contributed by atoms with Gasteiger partial charge >= 0.3 is 0 Å². The molecule has 1 aromatic heterocycles. The fourth-order valence-corrected chi connectivity index (χ4v) is 1.78. The van der Waals surface area contributed by atoms with Crippen molar-refractivity contribution in [1.29, 1.82) is 0 Å². The molecule has 2 rings (SSSR count). The van der Waals surface area contributed by atoms with Gasteiger partial charge in [0.2, 0.25) is 0 Å². The Bertz CT molecular complexity index is 514. The Morgan fingerprint density at radius 1 is 1.05 bits per heavy atom. The van der Waals surface area contributed by atoms with Crippen molar-refractivity contribution in [3.05, 3.63) is 52.8 Å². The van der Waals surface area contributed by atoms with Crippen LogP contribution in [0, 0.1) is 0 Å². The van der Waals surface area contributed by atoms with E-state index in [9.17, 15) is 0 Å². The van der Waals surface area contributed by atoms with E-state index in [1.807, 2.05) is 36.4 Å². The molecule has 4 heteroatoms. The molecule has 0 aliphatic rings. The Morgan fingerprint density at radius 3 is 2.42 bits per heavy atom. The highest BCUT2D eigenvalue weighted by Crippen LogP contribution is 2.27. The Hall–Kier alpha value is -1.55. The number of hydrogen-bond donors (Lipinski definition) is 0. The van der Waals surface area contributed by atoms with Crippen molar-refractivity contribution in [3.63, 3.8) is 0 Å². The summed E-state index contributed by atoms with van der Waals surface area (Å²) in [6.45, 7) is 3.20. The second-order valence-electron chi connectivity index (χ2n) is 4.05.